The molecule has 0 nitrogen and oxygen atoms in total. The van der Waals surface area contributed by atoms with Gasteiger partial charge in [0.05, 0.1) is 0 Å². The van der Waals surface area contributed by atoms with Gasteiger partial charge >= 0.3 is 0 Å². The van der Waals surface area contributed by atoms with Gasteiger partial charge in [-0.3, -0.25) is 0 Å². The lowest BCUT2D eigenvalue weighted by Gasteiger charge is -1.79. The Bertz CT molecular complexity index is 11.4. The third-order valence-electron chi connectivity index (χ3n) is 0.707. The smallest absolute Gasteiger partial charge is 0.0538 e. The normalized spacial score (nSPS) is 7.00. The van der Waals surface area contributed by atoms with Crippen LogP contribution >= 0.6 is 0 Å². The van der Waals surface area contributed by atoms with E-state index >= 15 is 0 Å². The molecule has 0 bridgehead atoms. The van der Waals surface area contributed by atoms with Gasteiger partial charge in [0.15, 0.2) is 0 Å². The first-order valence-corrected chi connectivity index (χ1v) is 2.41. The number of rotatable bonds is 2. The number of unbranched alkanes of at least 4 members (excludes halogenated alkanes) is 2. The zero-order valence-electron chi connectivity index (χ0n) is 4.50. The van der Waals surface area contributed by atoms with E-state index in [1.165, 1.54) is 19.3 Å². The molecule has 0 radical (unpaired) electrons. The van der Waals surface area contributed by atoms with Crippen molar-refractivity contribution in [1.82, 2.24) is 0 Å². The molecule has 0 N–H and O–H groups in total. The molecule has 6 heavy (non-hydrogen) atoms. The summed E-state index contributed by atoms with van der Waals surface area (Å²) in [5.74, 6) is 0. The van der Waals surface area contributed by atoms with Gasteiger partial charge in [0.1, 0.15) is 0 Å². The van der Waals surface area contributed by atoms with Gasteiger partial charge in [-0.2, -0.15) is 0 Å². The van der Waals surface area contributed by atoms with Crippen molar-refractivity contribution in [3.05, 3.63) is 0 Å². The largest absolute Gasteiger partial charge is 1.00 e. The highest BCUT2D eigenvalue weighted by molar-refractivity contribution is 4.24. The van der Waals surface area contributed by atoms with Crippen LogP contribution in [0.15, 0.2) is 0 Å². The maximum Gasteiger partial charge on any atom is -0.0538 e. The van der Waals surface area contributed by atoms with Gasteiger partial charge in [0.2, 0.25) is 0 Å². The van der Waals surface area contributed by atoms with Crippen LogP contribution in [-0.2, 0) is 0 Å². The molecule has 0 aliphatic carbocycles. The Balaban J connectivity index is 0. The van der Waals surface area contributed by atoms with Crippen LogP contribution in [0.25, 0.3) is 0 Å². The van der Waals surface area contributed by atoms with E-state index in [4.69, 9.17) is 0 Å². The van der Waals surface area contributed by atoms with E-state index in [0.717, 1.165) is 0 Å². The summed E-state index contributed by atoms with van der Waals surface area (Å²) in [6.45, 7) is 4.42. The summed E-state index contributed by atoms with van der Waals surface area (Å²) in [6.07, 6.45) is 4.08. The highest BCUT2D eigenvalue weighted by Gasteiger charge is 1.68. The third-order valence-corrected chi connectivity index (χ3v) is 0.707. The quantitative estimate of drug-likeness (QED) is 0.434. The second kappa shape index (κ2) is 8.99. The lowest BCUT2D eigenvalue weighted by atomic mass is 10.3. The van der Waals surface area contributed by atoms with Gasteiger partial charge in [-0.05, 0) is 0 Å². The average molecular weight is 108 g/mol. The molecule has 0 fully saturated rings. The zero-order chi connectivity index (χ0) is 4.12. The molecule has 0 saturated carbocycles. The lowest BCUT2D eigenvalue weighted by molar-refractivity contribution is -0.00000126. The van der Waals surface area contributed by atoms with Crippen LogP contribution in [0.3, 0.4) is 0 Å². The van der Waals surface area contributed by atoms with E-state index in [-0.39, 0.29) is 12.4 Å². The van der Waals surface area contributed by atoms with Crippen molar-refractivity contribution in [3.8, 4) is 0 Å². The predicted molar refractivity (Wildman–Crippen MR) is 25.2 cm³/mol. The second-order valence-corrected chi connectivity index (χ2v) is 1.35. The molecular weight excluding hydrogens is 95.5 g/mol. The van der Waals surface area contributed by atoms with Crippen LogP contribution in [0, 0.1) is 0 Å². The molecule has 0 spiro atoms. The molecule has 0 saturated heterocycles. The van der Waals surface area contributed by atoms with E-state index < -0.39 is 0 Å². The van der Waals surface area contributed by atoms with Gasteiger partial charge in [0.25, 0.3) is 0 Å². The number of hydrogen-bond donors (Lipinski definition) is 0. The van der Waals surface area contributed by atoms with Crippen molar-refractivity contribution < 1.29 is 12.4 Å². The molecule has 0 atom stereocenters. The van der Waals surface area contributed by atoms with Crippen molar-refractivity contribution in [1.29, 1.82) is 0 Å². The molecule has 0 aliphatic rings. The molecule has 0 rings (SSSR count). The van der Waals surface area contributed by atoms with Crippen molar-refractivity contribution in [2.45, 2.75) is 33.1 Å². The molecule has 0 aromatic carbocycles. The maximum atomic E-state index is 2.21. The average Bonchev–Trinajstić information content (AvgIpc) is 1.41. The van der Waals surface area contributed by atoms with E-state index in [2.05, 4.69) is 13.8 Å². The van der Waals surface area contributed by atoms with Crippen molar-refractivity contribution >= 4 is 0 Å². The van der Waals surface area contributed by atoms with Gasteiger partial charge in [-0.25, -0.2) is 0 Å². The molecule has 0 amide bonds. The van der Waals surface area contributed by atoms with Crippen LogP contribution in [0.2, 0.25) is 0 Å². The van der Waals surface area contributed by atoms with Crippen LogP contribution in [0.4, 0.5) is 0 Å². The van der Waals surface area contributed by atoms with Gasteiger partial charge < -0.3 is 12.4 Å². The molecule has 1 heteroatoms. The van der Waals surface area contributed by atoms with Crippen LogP contribution in [-0.4, -0.2) is 0 Å². The fourth-order valence-corrected chi connectivity index (χ4v) is 0.354. The topological polar surface area (TPSA) is 0 Å². The summed E-state index contributed by atoms with van der Waals surface area (Å²) < 4.78 is 0. The van der Waals surface area contributed by atoms with Crippen LogP contribution in [0.1, 0.15) is 33.1 Å². The van der Waals surface area contributed by atoms with Crippen molar-refractivity contribution in [2.75, 3.05) is 0 Å². The lowest BCUT2D eigenvalue weighted by Crippen LogP contribution is -3.00. The number of hydrogen-bond acceptors (Lipinski definition) is 0. The van der Waals surface area contributed by atoms with E-state index in [1.54, 1.807) is 0 Å². The minimum atomic E-state index is 0. The molecule has 0 heterocycles. The summed E-state index contributed by atoms with van der Waals surface area (Å²) >= 11 is 0. The zero-order valence-corrected chi connectivity index (χ0v) is 5.26. The van der Waals surface area contributed by atoms with E-state index in [0.29, 0.717) is 0 Å². The molecule has 0 aliphatic heterocycles. The highest BCUT2D eigenvalue weighted by Crippen LogP contribution is 1.88. The monoisotopic (exact) mass is 107 g/mol. The fraction of sp³-hybridized carbons (Fsp3) is 1.00. The van der Waals surface area contributed by atoms with Gasteiger partial charge in [0, 0.05) is 0 Å². The first kappa shape index (κ1) is 9.56. The Kier molecular flexibility index (Phi) is 14.3. The Morgan fingerprint density at radius 1 is 1.00 bits per heavy atom. The molecule has 40 valence electrons. The van der Waals surface area contributed by atoms with E-state index in [9.17, 15) is 0 Å². The van der Waals surface area contributed by atoms with Crippen molar-refractivity contribution in [3.63, 3.8) is 0 Å². The van der Waals surface area contributed by atoms with Crippen molar-refractivity contribution in [2.24, 2.45) is 0 Å². The standard InChI is InChI=1S/C5H12.ClH/c1-3-5-4-2;/h3-5H2,1-2H3;1H/p-1. The summed E-state index contributed by atoms with van der Waals surface area (Å²) in [5, 5.41) is 0. The Hall–Kier alpha value is 0.290. The predicted octanol–water partition coefficient (Wildman–Crippen LogP) is -0.799. The van der Waals surface area contributed by atoms with Gasteiger partial charge in [-0.1, -0.05) is 33.1 Å². The third kappa shape index (κ3) is 8.85. The highest BCUT2D eigenvalue weighted by atomic mass is 35.5. The first-order valence-electron chi connectivity index (χ1n) is 2.41. The van der Waals surface area contributed by atoms with E-state index in [1.807, 2.05) is 0 Å². The molecular formula is C5H12Cl-. The summed E-state index contributed by atoms with van der Waals surface area (Å²) in [6, 6.07) is 0. The maximum absolute atomic E-state index is 2.21. The molecule has 0 aromatic rings. The van der Waals surface area contributed by atoms with Crippen LogP contribution < -0.4 is 12.4 Å². The SMILES string of the molecule is CCCCC.[Cl-]. The Labute approximate surface area is 46.4 Å². The summed E-state index contributed by atoms with van der Waals surface area (Å²) in [5.41, 5.74) is 0. The van der Waals surface area contributed by atoms with Gasteiger partial charge in [-0.15, -0.1) is 0 Å². The second-order valence-electron chi connectivity index (χ2n) is 1.35. The molecule has 0 aromatic heterocycles. The fourth-order valence-electron chi connectivity index (χ4n) is 0.354. The molecule has 0 unspecified atom stereocenters. The minimum Gasteiger partial charge on any atom is -1.00 e. The minimum absolute atomic E-state index is 0. The first-order chi connectivity index (χ1) is 2.41. The number of halogens is 1. The summed E-state index contributed by atoms with van der Waals surface area (Å²) in [4.78, 5) is 0. The Morgan fingerprint density at radius 3 is 1.33 bits per heavy atom. The van der Waals surface area contributed by atoms with Crippen LogP contribution in [0.5, 0.6) is 0 Å². The Morgan fingerprint density at radius 2 is 1.33 bits per heavy atom. The summed E-state index contributed by atoms with van der Waals surface area (Å²) in [7, 11) is 0.